The molecule has 7 heteroatoms. The molecule has 0 spiro atoms. The smallest absolute Gasteiger partial charge is 0.231 e. The zero-order valence-corrected chi connectivity index (χ0v) is 18.5. The topological polar surface area (TPSA) is 71.1 Å². The Bertz CT molecular complexity index is 978. The standard InChI is InChI=1S/C22H25N3O2S2/c1-15-6-4-7-16(10-15)22(2,3)14-23-19(26)11-17-13-29-21(24-17)25-20(27)12-18-8-5-9-28-18/h4-10,13H,11-12,14H2,1-3H3,(H,23,26)(H,24,25,27). The van der Waals surface area contributed by atoms with Crippen molar-refractivity contribution in [1.82, 2.24) is 10.3 Å². The van der Waals surface area contributed by atoms with Crippen molar-refractivity contribution < 1.29 is 9.59 Å². The molecule has 0 radical (unpaired) electrons. The Kier molecular flexibility index (Phi) is 6.82. The van der Waals surface area contributed by atoms with E-state index in [9.17, 15) is 9.59 Å². The minimum Gasteiger partial charge on any atom is -0.355 e. The van der Waals surface area contributed by atoms with Gasteiger partial charge in [0.05, 0.1) is 18.5 Å². The van der Waals surface area contributed by atoms with E-state index >= 15 is 0 Å². The van der Waals surface area contributed by atoms with E-state index in [0.29, 0.717) is 23.8 Å². The highest BCUT2D eigenvalue weighted by Gasteiger charge is 2.22. The van der Waals surface area contributed by atoms with Crippen LogP contribution in [0.5, 0.6) is 0 Å². The van der Waals surface area contributed by atoms with Crippen LogP contribution in [0.1, 0.15) is 35.5 Å². The number of hydrogen-bond acceptors (Lipinski definition) is 5. The van der Waals surface area contributed by atoms with Crippen LogP contribution in [-0.2, 0) is 27.8 Å². The van der Waals surface area contributed by atoms with Gasteiger partial charge < -0.3 is 10.6 Å². The average molecular weight is 428 g/mol. The second-order valence-corrected chi connectivity index (χ2v) is 9.55. The van der Waals surface area contributed by atoms with Gasteiger partial charge in [0.15, 0.2) is 5.13 Å². The van der Waals surface area contributed by atoms with Crippen molar-refractivity contribution in [3.8, 4) is 0 Å². The Morgan fingerprint density at radius 1 is 1.07 bits per heavy atom. The van der Waals surface area contributed by atoms with Gasteiger partial charge in [0.25, 0.3) is 0 Å². The van der Waals surface area contributed by atoms with E-state index in [1.165, 1.54) is 22.5 Å². The van der Waals surface area contributed by atoms with Crippen molar-refractivity contribution >= 4 is 39.6 Å². The van der Waals surface area contributed by atoms with Crippen LogP contribution in [0, 0.1) is 6.92 Å². The van der Waals surface area contributed by atoms with Gasteiger partial charge in [-0.2, -0.15) is 0 Å². The van der Waals surface area contributed by atoms with Gasteiger partial charge in [-0.3, -0.25) is 9.59 Å². The molecule has 0 saturated heterocycles. The third-order valence-corrected chi connectivity index (χ3v) is 6.26. The molecule has 0 unspecified atom stereocenters. The number of hydrogen-bond donors (Lipinski definition) is 2. The lowest BCUT2D eigenvalue weighted by Crippen LogP contribution is -2.37. The number of nitrogens with zero attached hydrogens (tertiary/aromatic N) is 1. The van der Waals surface area contributed by atoms with E-state index in [-0.39, 0.29) is 23.7 Å². The van der Waals surface area contributed by atoms with E-state index in [1.54, 1.807) is 11.3 Å². The molecule has 29 heavy (non-hydrogen) atoms. The number of carbonyl (C=O) groups excluding carboxylic acids is 2. The highest BCUT2D eigenvalue weighted by atomic mass is 32.1. The Labute approximate surface area is 179 Å². The maximum absolute atomic E-state index is 12.4. The predicted molar refractivity (Wildman–Crippen MR) is 120 cm³/mol. The van der Waals surface area contributed by atoms with Crippen LogP contribution in [-0.4, -0.2) is 23.3 Å². The number of aryl methyl sites for hydroxylation is 1. The molecule has 2 aromatic heterocycles. The molecule has 0 aliphatic rings. The van der Waals surface area contributed by atoms with E-state index in [0.717, 1.165) is 4.88 Å². The molecular weight excluding hydrogens is 402 g/mol. The summed E-state index contributed by atoms with van der Waals surface area (Å²) in [5.74, 6) is -0.176. The summed E-state index contributed by atoms with van der Waals surface area (Å²) >= 11 is 2.89. The van der Waals surface area contributed by atoms with Crippen LogP contribution in [0.15, 0.2) is 47.2 Å². The minimum absolute atomic E-state index is 0.0764. The fraction of sp³-hybridized carbons (Fsp3) is 0.318. The zero-order chi connectivity index (χ0) is 20.9. The third-order valence-electron chi connectivity index (χ3n) is 4.58. The number of thiazole rings is 1. The van der Waals surface area contributed by atoms with Gasteiger partial charge in [-0.15, -0.1) is 22.7 Å². The second-order valence-electron chi connectivity index (χ2n) is 7.66. The van der Waals surface area contributed by atoms with Crippen LogP contribution < -0.4 is 10.6 Å². The molecule has 3 aromatic rings. The summed E-state index contributed by atoms with van der Waals surface area (Å²) in [7, 11) is 0. The lowest BCUT2D eigenvalue weighted by atomic mass is 9.84. The minimum atomic E-state index is -0.162. The number of anilines is 1. The molecule has 2 heterocycles. The first-order valence-electron chi connectivity index (χ1n) is 9.42. The SMILES string of the molecule is Cc1cccc(C(C)(C)CNC(=O)Cc2csc(NC(=O)Cc3cccs3)n2)c1. The summed E-state index contributed by atoms with van der Waals surface area (Å²) in [6.07, 6.45) is 0.530. The second kappa shape index (κ2) is 9.33. The van der Waals surface area contributed by atoms with Gasteiger partial charge in [0.2, 0.25) is 11.8 Å². The number of aromatic nitrogens is 1. The summed E-state index contributed by atoms with van der Waals surface area (Å²) in [5.41, 5.74) is 2.90. The first kappa shape index (κ1) is 21.2. The highest BCUT2D eigenvalue weighted by molar-refractivity contribution is 7.14. The molecule has 0 fully saturated rings. The van der Waals surface area contributed by atoms with Gasteiger partial charge in [0.1, 0.15) is 0 Å². The third kappa shape index (κ3) is 6.24. The molecule has 152 valence electrons. The number of thiophene rings is 1. The maximum atomic E-state index is 12.4. The van der Waals surface area contributed by atoms with Crippen LogP contribution in [0.25, 0.3) is 0 Å². The Morgan fingerprint density at radius 3 is 2.62 bits per heavy atom. The van der Waals surface area contributed by atoms with Crippen LogP contribution in [0.4, 0.5) is 5.13 Å². The molecule has 5 nitrogen and oxygen atoms in total. The van der Waals surface area contributed by atoms with Gasteiger partial charge in [0, 0.05) is 22.2 Å². The molecule has 0 aliphatic heterocycles. The van der Waals surface area contributed by atoms with Gasteiger partial charge >= 0.3 is 0 Å². The quantitative estimate of drug-likeness (QED) is 0.562. The van der Waals surface area contributed by atoms with Crippen molar-refractivity contribution in [2.24, 2.45) is 0 Å². The van der Waals surface area contributed by atoms with Gasteiger partial charge in [-0.1, -0.05) is 49.7 Å². The van der Waals surface area contributed by atoms with Crippen molar-refractivity contribution in [1.29, 1.82) is 0 Å². The van der Waals surface area contributed by atoms with Gasteiger partial charge in [-0.25, -0.2) is 4.98 Å². The first-order chi connectivity index (χ1) is 13.8. The number of amides is 2. The Morgan fingerprint density at radius 2 is 1.90 bits per heavy atom. The van der Waals surface area contributed by atoms with Gasteiger partial charge in [-0.05, 0) is 23.9 Å². The first-order valence-corrected chi connectivity index (χ1v) is 11.2. The number of nitrogens with one attached hydrogen (secondary N) is 2. The van der Waals surface area contributed by atoms with Crippen LogP contribution in [0.3, 0.4) is 0 Å². The van der Waals surface area contributed by atoms with E-state index in [2.05, 4.69) is 54.6 Å². The van der Waals surface area contributed by atoms with Crippen molar-refractivity contribution in [3.05, 3.63) is 68.9 Å². The molecule has 0 aliphatic carbocycles. The summed E-state index contributed by atoms with van der Waals surface area (Å²) in [5, 5.41) is 10.1. The summed E-state index contributed by atoms with van der Waals surface area (Å²) in [6.45, 7) is 6.85. The summed E-state index contributed by atoms with van der Waals surface area (Å²) in [4.78, 5) is 29.8. The zero-order valence-electron chi connectivity index (χ0n) is 16.8. The van der Waals surface area contributed by atoms with Crippen LogP contribution in [0.2, 0.25) is 0 Å². The summed E-state index contributed by atoms with van der Waals surface area (Å²) in [6, 6.07) is 12.2. The fourth-order valence-electron chi connectivity index (χ4n) is 2.90. The fourth-order valence-corrected chi connectivity index (χ4v) is 4.33. The largest absolute Gasteiger partial charge is 0.355 e. The highest BCUT2D eigenvalue weighted by Crippen LogP contribution is 2.23. The normalized spacial score (nSPS) is 11.3. The van der Waals surface area contributed by atoms with E-state index in [1.807, 2.05) is 29.0 Å². The maximum Gasteiger partial charge on any atom is 0.231 e. The molecular formula is C22H25N3O2S2. The lowest BCUT2D eigenvalue weighted by Gasteiger charge is -2.26. The number of rotatable bonds is 8. The van der Waals surface area contributed by atoms with E-state index in [4.69, 9.17) is 0 Å². The van der Waals surface area contributed by atoms with Crippen molar-refractivity contribution in [2.45, 2.75) is 39.0 Å². The number of carbonyl (C=O) groups is 2. The molecule has 1 aromatic carbocycles. The molecule has 0 atom stereocenters. The Hall–Kier alpha value is -2.51. The lowest BCUT2D eigenvalue weighted by molar-refractivity contribution is -0.120. The molecule has 2 amide bonds. The molecule has 2 N–H and O–H groups in total. The van der Waals surface area contributed by atoms with Crippen molar-refractivity contribution in [3.63, 3.8) is 0 Å². The van der Waals surface area contributed by atoms with Crippen molar-refractivity contribution in [2.75, 3.05) is 11.9 Å². The summed E-state index contributed by atoms with van der Waals surface area (Å²) < 4.78 is 0. The average Bonchev–Trinajstić information content (AvgIpc) is 3.32. The van der Waals surface area contributed by atoms with E-state index < -0.39 is 0 Å². The molecule has 0 bridgehead atoms. The van der Waals surface area contributed by atoms with Crippen LogP contribution >= 0.6 is 22.7 Å². The molecule has 3 rings (SSSR count). The number of benzene rings is 1. The predicted octanol–water partition coefficient (Wildman–Crippen LogP) is 4.33. The monoisotopic (exact) mass is 427 g/mol. The molecule has 0 saturated carbocycles. The Balaban J connectivity index is 1.49.